The molecule has 156 valence electrons. The Kier molecular flexibility index (Phi) is 6.61. The Balaban J connectivity index is 1.66. The highest BCUT2D eigenvalue weighted by Gasteiger charge is 2.35. The summed E-state index contributed by atoms with van der Waals surface area (Å²) in [6.45, 7) is 4.25. The fraction of sp³-hybridized carbons (Fsp3) is 0.320. The van der Waals surface area contributed by atoms with Crippen LogP contribution in [0.3, 0.4) is 0 Å². The fourth-order valence-electron chi connectivity index (χ4n) is 4.00. The van der Waals surface area contributed by atoms with E-state index in [-0.39, 0.29) is 11.9 Å². The first-order valence-electron chi connectivity index (χ1n) is 10.3. The summed E-state index contributed by atoms with van der Waals surface area (Å²) in [5, 5.41) is 11.1. The predicted molar refractivity (Wildman–Crippen MR) is 123 cm³/mol. The molecule has 5 heteroatoms. The van der Waals surface area contributed by atoms with Crippen LogP contribution in [-0.2, 0) is 16.9 Å². The predicted octanol–water partition coefficient (Wildman–Crippen LogP) is 6.29. The number of rotatable bonds is 6. The van der Waals surface area contributed by atoms with Crippen LogP contribution in [0.4, 0.5) is 0 Å². The lowest BCUT2D eigenvalue weighted by Gasteiger charge is -2.28. The zero-order chi connectivity index (χ0) is 21.1. The van der Waals surface area contributed by atoms with Crippen LogP contribution in [0.15, 0.2) is 58.8 Å². The van der Waals surface area contributed by atoms with Crippen molar-refractivity contribution in [2.75, 3.05) is 6.61 Å². The van der Waals surface area contributed by atoms with Crippen LogP contribution >= 0.6 is 23.1 Å². The van der Waals surface area contributed by atoms with Crippen LogP contribution in [0, 0.1) is 6.92 Å². The number of thiophene rings is 1. The molecule has 2 atom stereocenters. The minimum Gasteiger partial charge on any atom is -0.462 e. The topological polar surface area (TPSA) is 46.5 Å². The maximum absolute atomic E-state index is 12.7. The maximum Gasteiger partial charge on any atom is 0.348 e. The fourth-order valence-corrected chi connectivity index (χ4v) is 6.58. The molecule has 0 fully saturated rings. The maximum atomic E-state index is 12.7. The second-order valence-electron chi connectivity index (χ2n) is 7.67. The van der Waals surface area contributed by atoms with Crippen molar-refractivity contribution >= 4 is 29.1 Å². The van der Waals surface area contributed by atoms with Gasteiger partial charge in [0.2, 0.25) is 0 Å². The molecule has 1 aromatic heterocycles. The molecule has 4 rings (SSSR count). The number of ether oxygens (including phenoxy) is 1. The summed E-state index contributed by atoms with van der Waals surface area (Å²) < 4.78 is 6.38. The average Bonchev–Trinajstić information content (AvgIpc) is 3.13. The third-order valence-electron chi connectivity index (χ3n) is 5.53. The Morgan fingerprint density at radius 3 is 2.60 bits per heavy atom. The first-order valence-corrected chi connectivity index (χ1v) is 12.1. The normalized spacial score (nSPS) is 18.1. The molecule has 0 saturated carbocycles. The zero-order valence-electron chi connectivity index (χ0n) is 17.3. The van der Waals surface area contributed by atoms with E-state index in [1.165, 1.54) is 28.0 Å². The summed E-state index contributed by atoms with van der Waals surface area (Å²) in [6, 6.07) is 18.8. The molecular formula is C25H26O3S2. The highest BCUT2D eigenvalue weighted by molar-refractivity contribution is 8.00. The number of carbonyl (C=O) groups excluding carboxylic acids is 1. The smallest absolute Gasteiger partial charge is 0.348 e. The van der Waals surface area contributed by atoms with Crippen molar-refractivity contribution in [3.63, 3.8) is 0 Å². The lowest BCUT2D eigenvalue weighted by atomic mass is 9.79. The van der Waals surface area contributed by atoms with Crippen LogP contribution in [0.1, 0.15) is 62.9 Å². The molecule has 1 heterocycles. The summed E-state index contributed by atoms with van der Waals surface area (Å²) in [4.78, 5) is 13.3. The molecule has 0 spiro atoms. The number of benzene rings is 2. The third kappa shape index (κ3) is 4.48. The summed E-state index contributed by atoms with van der Waals surface area (Å²) in [6.07, 6.45) is 0.859. The standard InChI is InChI=1S/C25H26O3S2/c1-3-28-24(27)23-20-13-19(18-11-9-16(2)10-12-18)14-21(26)22(20)25(30-23)29-15-17-7-5-4-6-8-17/h4-12,19,21,26H,3,13-15H2,1-2H3/t19-,21+/m0/s1. The molecule has 0 saturated heterocycles. The van der Waals surface area contributed by atoms with Gasteiger partial charge >= 0.3 is 5.97 Å². The van der Waals surface area contributed by atoms with Gasteiger partial charge in [0, 0.05) is 11.3 Å². The Morgan fingerprint density at radius 2 is 1.90 bits per heavy atom. The van der Waals surface area contributed by atoms with E-state index < -0.39 is 6.10 Å². The number of thioether (sulfide) groups is 1. The SMILES string of the molecule is CCOC(=O)c1sc(SCc2ccccc2)c2c1C[C@H](c1ccc(C)cc1)C[C@H]2O. The second-order valence-corrected chi connectivity index (χ2v) is 9.93. The summed E-state index contributed by atoms with van der Waals surface area (Å²) in [7, 11) is 0. The molecule has 0 bridgehead atoms. The molecule has 0 radical (unpaired) electrons. The molecule has 3 nitrogen and oxygen atoms in total. The number of esters is 1. The molecule has 1 aliphatic carbocycles. The van der Waals surface area contributed by atoms with Crippen molar-refractivity contribution in [1.29, 1.82) is 0 Å². The molecule has 3 aromatic rings. The molecule has 0 unspecified atom stereocenters. The van der Waals surface area contributed by atoms with E-state index in [0.717, 1.165) is 27.5 Å². The second kappa shape index (κ2) is 9.38. The highest BCUT2D eigenvalue weighted by atomic mass is 32.2. The van der Waals surface area contributed by atoms with Gasteiger partial charge in [0.15, 0.2) is 0 Å². The van der Waals surface area contributed by atoms with Gasteiger partial charge in [-0.15, -0.1) is 23.1 Å². The van der Waals surface area contributed by atoms with E-state index >= 15 is 0 Å². The van der Waals surface area contributed by atoms with Crippen LogP contribution in [-0.4, -0.2) is 17.7 Å². The van der Waals surface area contributed by atoms with Crippen molar-refractivity contribution in [2.24, 2.45) is 0 Å². The summed E-state index contributed by atoms with van der Waals surface area (Å²) in [5.41, 5.74) is 5.57. The van der Waals surface area contributed by atoms with Gasteiger partial charge in [0.25, 0.3) is 0 Å². The lowest BCUT2D eigenvalue weighted by molar-refractivity contribution is 0.0530. The molecule has 30 heavy (non-hydrogen) atoms. The largest absolute Gasteiger partial charge is 0.462 e. The van der Waals surface area contributed by atoms with Crippen molar-refractivity contribution in [2.45, 2.75) is 48.7 Å². The molecule has 0 amide bonds. The minimum atomic E-state index is -0.572. The van der Waals surface area contributed by atoms with Crippen molar-refractivity contribution in [3.8, 4) is 0 Å². The third-order valence-corrected chi connectivity index (χ3v) is 8.11. The number of aryl methyl sites for hydroxylation is 1. The monoisotopic (exact) mass is 438 g/mol. The molecule has 1 aliphatic rings. The summed E-state index contributed by atoms with van der Waals surface area (Å²) >= 11 is 3.17. The van der Waals surface area contributed by atoms with Crippen LogP contribution in [0.2, 0.25) is 0 Å². The first kappa shape index (κ1) is 21.2. The van der Waals surface area contributed by atoms with E-state index in [4.69, 9.17) is 4.74 Å². The number of aliphatic hydroxyl groups is 1. The quantitative estimate of drug-likeness (QED) is 0.363. The highest BCUT2D eigenvalue weighted by Crippen LogP contribution is 2.49. The van der Waals surface area contributed by atoms with Crippen LogP contribution in [0.5, 0.6) is 0 Å². The van der Waals surface area contributed by atoms with Crippen molar-refractivity contribution in [3.05, 3.63) is 87.3 Å². The van der Waals surface area contributed by atoms with Gasteiger partial charge in [-0.05, 0) is 49.3 Å². The van der Waals surface area contributed by atoms with Crippen LogP contribution in [0.25, 0.3) is 0 Å². The molecule has 0 aliphatic heterocycles. The van der Waals surface area contributed by atoms with Gasteiger partial charge in [0.1, 0.15) is 4.88 Å². The molecule has 2 aromatic carbocycles. The van der Waals surface area contributed by atoms with E-state index in [1.54, 1.807) is 11.8 Å². The van der Waals surface area contributed by atoms with Crippen molar-refractivity contribution in [1.82, 2.24) is 0 Å². The Hall–Kier alpha value is -2.08. The average molecular weight is 439 g/mol. The van der Waals surface area contributed by atoms with Crippen LogP contribution < -0.4 is 0 Å². The van der Waals surface area contributed by atoms with E-state index in [1.807, 2.05) is 25.1 Å². The van der Waals surface area contributed by atoms with E-state index in [9.17, 15) is 9.90 Å². The Bertz CT molecular complexity index is 1010. The molecular weight excluding hydrogens is 412 g/mol. The number of fused-ring (bicyclic) bond motifs is 1. The van der Waals surface area contributed by atoms with Gasteiger partial charge in [-0.2, -0.15) is 0 Å². The van der Waals surface area contributed by atoms with E-state index in [2.05, 4.69) is 43.3 Å². The van der Waals surface area contributed by atoms with E-state index in [0.29, 0.717) is 17.9 Å². The zero-order valence-corrected chi connectivity index (χ0v) is 18.9. The van der Waals surface area contributed by atoms with Gasteiger partial charge < -0.3 is 9.84 Å². The lowest BCUT2D eigenvalue weighted by Crippen LogP contribution is -2.18. The van der Waals surface area contributed by atoms with Gasteiger partial charge in [-0.1, -0.05) is 60.2 Å². The van der Waals surface area contributed by atoms with Gasteiger partial charge in [-0.3, -0.25) is 0 Å². The number of carbonyl (C=O) groups is 1. The Labute approximate surface area is 186 Å². The Morgan fingerprint density at radius 1 is 1.17 bits per heavy atom. The summed E-state index contributed by atoms with van der Waals surface area (Å²) in [5.74, 6) is 0.731. The first-order chi connectivity index (χ1) is 14.6. The van der Waals surface area contributed by atoms with Gasteiger partial charge in [-0.25, -0.2) is 4.79 Å². The van der Waals surface area contributed by atoms with Crippen molar-refractivity contribution < 1.29 is 14.6 Å². The number of hydrogen-bond donors (Lipinski definition) is 1. The van der Waals surface area contributed by atoms with Gasteiger partial charge in [0.05, 0.1) is 16.9 Å². The molecule has 1 N–H and O–H groups in total. The minimum absolute atomic E-state index is 0.197. The number of hydrogen-bond acceptors (Lipinski definition) is 5. The number of aliphatic hydroxyl groups excluding tert-OH is 1.